The molecule has 2 aliphatic rings. The Bertz CT molecular complexity index is 467. The van der Waals surface area contributed by atoms with E-state index in [0.29, 0.717) is 23.7 Å². The lowest BCUT2D eigenvalue weighted by molar-refractivity contribution is 0.349. The Hall–Kier alpha value is -1.32. The van der Waals surface area contributed by atoms with Gasteiger partial charge in [-0.15, -0.1) is 0 Å². The molecular weight excluding hydrogens is 236 g/mol. The molecule has 0 amide bonds. The SMILES string of the molecule is Cc1c(N)nc(C2CC2)nc1NC1CCCCC1C. The van der Waals surface area contributed by atoms with E-state index in [1.165, 1.54) is 38.5 Å². The smallest absolute Gasteiger partial charge is 0.136 e. The molecule has 2 atom stereocenters. The molecule has 0 radical (unpaired) electrons. The monoisotopic (exact) mass is 260 g/mol. The van der Waals surface area contributed by atoms with E-state index in [2.05, 4.69) is 17.2 Å². The zero-order chi connectivity index (χ0) is 13.4. The van der Waals surface area contributed by atoms with E-state index < -0.39 is 0 Å². The molecule has 4 heteroatoms. The van der Waals surface area contributed by atoms with Crippen LogP contribution in [0.1, 0.15) is 62.8 Å². The molecule has 0 bridgehead atoms. The van der Waals surface area contributed by atoms with Crippen molar-refractivity contribution in [3.8, 4) is 0 Å². The lowest BCUT2D eigenvalue weighted by Crippen LogP contribution is -2.31. The van der Waals surface area contributed by atoms with Crippen LogP contribution in [0, 0.1) is 12.8 Å². The van der Waals surface area contributed by atoms with Crippen LogP contribution < -0.4 is 11.1 Å². The number of nitrogens with one attached hydrogen (secondary N) is 1. The quantitative estimate of drug-likeness (QED) is 0.875. The number of aromatic nitrogens is 2. The molecule has 3 N–H and O–H groups in total. The highest BCUT2D eigenvalue weighted by molar-refractivity contribution is 5.55. The van der Waals surface area contributed by atoms with Crippen molar-refractivity contribution in [2.75, 3.05) is 11.1 Å². The molecule has 1 aromatic heterocycles. The van der Waals surface area contributed by atoms with Crippen molar-refractivity contribution in [2.45, 2.75) is 64.3 Å². The van der Waals surface area contributed by atoms with Crippen LogP contribution in [-0.4, -0.2) is 16.0 Å². The standard InChI is InChI=1S/C15H24N4/c1-9-5-3-4-6-12(9)17-14-10(2)13(16)18-15(19-14)11-7-8-11/h9,11-12H,3-8H2,1-2H3,(H3,16,17,18,19). The van der Waals surface area contributed by atoms with Gasteiger partial charge in [0.1, 0.15) is 17.5 Å². The Kier molecular flexibility index (Phi) is 3.33. The summed E-state index contributed by atoms with van der Waals surface area (Å²) in [5.74, 6) is 3.81. The Morgan fingerprint density at radius 3 is 2.53 bits per heavy atom. The summed E-state index contributed by atoms with van der Waals surface area (Å²) >= 11 is 0. The van der Waals surface area contributed by atoms with E-state index >= 15 is 0 Å². The van der Waals surface area contributed by atoms with Crippen molar-refractivity contribution in [3.63, 3.8) is 0 Å². The largest absolute Gasteiger partial charge is 0.383 e. The molecule has 0 saturated heterocycles. The molecule has 19 heavy (non-hydrogen) atoms. The van der Waals surface area contributed by atoms with Gasteiger partial charge in [0.15, 0.2) is 0 Å². The van der Waals surface area contributed by atoms with Crippen LogP contribution in [0.25, 0.3) is 0 Å². The topological polar surface area (TPSA) is 63.8 Å². The van der Waals surface area contributed by atoms with Crippen LogP contribution in [0.2, 0.25) is 0 Å². The molecule has 2 saturated carbocycles. The molecule has 2 fully saturated rings. The van der Waals surface area contributed by atoms with Crippen molar-refractivity contribution in [1.29, 1.82) is 0 Å². The second-order valence-electron chi connectivity index (χ2n) is 6.23. The molecular formula is C15H24N4. The van der Waals surface area contributed by atoms with Gasteiger partial charge in [-0.1, -0.05) is 19.8 Å². The molecule has 3 rings (SSSR count). The van der Waals surface area contributed by atoms with Gasteiger partial charge in [0.2, 0.25) is 0 Å². The lowest BCUT2D eigenvalue weighted by atomic mass is 9.86. The van der Waals surface area contributed by atoms with E-state index in [1.807, 2.05) is 6.92 Å². The number of hydrogen-bond donors (Lipinski definition) is 2. The van der Waals surface area contributed by atoms with E-state index in [9.17, 15) is 0 Å². The van der Waals surface area contributed by atoms with E-state index in [0.717, 1.165) is 17.2 Å². The van der Waals surface area contributed by atoms with Crippen molar-refractivity contribution < 1.29 is 0 Å². The van der Waals surface area contributed by atoms with Gasteiger partial charge in [-0.2, -0.15) is 0 Å². The molecule has 1 heterocycles. The Morgan fingerprint density at radius 1 is 1.11 bits per heavy atom. The fourth-order valence-corrected chi connectivity index (χ4v) is 2.92. The second-order valence-corrected chi connectivity index (χ2v) is 6.23. The average Bonchev–Trinajstić information content (AvgIpc) is 3.21. The van der Waals surface area contributed by atoms with E-state index in [-0.39, 0.29) is 0 Å². The fourth-order valence-electron chi connectivity index (χ4n) is 2.92. The Labute approximate surface area is 115 Å². The summed E-state index contributed by atoms with van der Waals surface area (Å²) in [5, 5.41) is 3.63. The molecule has 104 valence electrons. The van der Waals surface area contributed by atoms with Crippen molar-refractivity contribution in [2.24, 2.45) is 5.92 Å². The highest BCUT2D eigenvalue weighted by Crippen LogP contribution is 2.39. The number of anilines is 2. The maximum absolute atomic E-state index is 6.04. The summed E-state index contributed by atoms with van der Waals surface area (Å²) in [6, 6.07) is 0.536. The zero-order valence-corrected chi connectivity index (χ0v) is 11.9. The van der Waals surface area contributed by atoms with Gasteiger partial charge in [0.05, 0.1) is 0 Å². The normalized spacial score (nSPS) is 27.3. The minimum Gasteiger partial charge on any atom is -0.383 e. The Morgan fingerprint density at radius 2 is 1.84 bits per heavy atom. The Balaban J connectivity index is 1.82. The summed E-state index contributed by atoms with van der Waals surface area (Å²) in [6.45, 7) is 4.35. The van der Waals surface area contributed by atoms with Crippen LogP contribution in [0.15, 0.2) is 0 Å². The summed E-state index contributed by atoms with van der Waals surface area (Å²) in [7, 11) is 0. The first-order valence-corrected chi connectivity index (χ1v) is 7.55. The van der Waals surface area contributed by atoms with Gasteiger partial charge in [-0.05, 0) is 38.5 Å². The maximum Gasteiger partial charge on any atom is 0.136 e. The predicted molar refractivity (Wildman–Crippen MR) is 78.2 cm³/mol. The van der Waals surface area contributed by atoms with Crippen LogP contribution in [-0.2, 0) is 0 Å². The van der Waals surface area contributed by atoms with Gasteiger partial charge < -0.3 is 11.1 Å². The highest BCUT2D eigenvalue weighted by Gasteiger charge is 2.29. The van der Waals surface area contributed by atoms with Crippen LogP contribution in [0.4, 0.5) is 11.6 Å². The van der Waals surface area contributed by atoms with Gasteiger partial charge >= 0.3 is 0 Å². The minimum absolute atomic E-state index is 0.536. The molecule has 1 aromatic rings. The second kappa shape index (κ2) is 4.99. The summed E-state index contributed by atoms with van der Waals surface area (Å²) in [5.41, 5.74) is 7.04. The molecule has 0 spiro atoms. The summed E-state index contributed by atoms with van der Waals surface area (Å²) < 4.78 is 0. The van der Waals surface area contributed by atoms with Crippen LogP contribution in [0.3, 0.4) is 0 Å². The number of rotatable bonds is 3. The van der Waals surface area contributed by atoms with Gasteiger partial charge in [-0.25, -0.2) is 9.97 Å². The van der Waals surface area contributed by atoms with Gasteiger partial charge in [-0.3, -0.25) is 0 Å². The van der Waals surface area contributed by atoms with Crippen LogP contribution >= 0.6 is 0 Å². The molecule has 0 aromatic carbocycles. The van der Waals surface area contributed by atoms with Crippen molar-refractivity contribution >= 4 is 11.6 Å². The van der Waals surface area contributed by atoms with Gasteiger partial charge in [0, 0.05) is 17.5 Å². The molecule has 4 nitrogen and oxygen atoms in total. The first-order valence-electron chi connectivity index (χ1n) is 7.55. The molecule has 2 unspecified atom stereocenters. The molecule has 0 aliphatic heterocycles. The lowest BCUT2D eigenvalue weighted by Gasteiger charge is -2.30. The van der Waals surface area contributed by atoms with Gasteiger partial charge in [0.25, 0.3) is 0 Å². The number of hydrogen-bond acceptors (Lipinski definition) is 4. The third-order valence-electron chi connectivity index (χ3n) is 4.58. The minimum atomic E-state index is 0.536. The fraction of sp³-hybridized carbons (Fsp3) is 0.733. The third-order valence-corrected chi connectivity index (χ3v) is 4.58. The predicted octanol–water partition coefficient (Wildman–Crippen LogP) is 3.24. The van der Waals surface area contributed by atoms with Crippen molar-refractivity contribution in [1.82, 2.24) is 9.97 Å². The summed E-state index contributed by atoms with van der Waals surface area (Å²) in [4.78, 5) is 9.16. The zero-order valence-electron chi connectivity index (χ0n) is 11.9. The third kappa shape index (κ3) is 2.67. The highest BCUT2D eigenvalue weighted by atomic mass is 15.1. The average molecular weight is 260 g/mol. The number of nitrogens with zero attached hydrogens (tertiary/aromatic N) is 2. The number of nitrogens with two attached hydrogens (primary N) is 1. The first-order chi connectivity index (χ1) is 9.15. The van der Waals surface area contributed by atoms with Crippen molar-refractivity contribution in [3.05, 3.63) is 11.4 Å². The number of nitrogen functional groups attached to an aromatic ring is 1. The first kappa shape index (κ1) is 12.7. The van der Waals surface area contributed by atoms with Crippen LogP contribution in [0.5, 0.6) is 0 Å². The molecule has 2 aliphatic carbocycles. The van der Waals surface area contributed by atoms with E-state index in [1.54, 1.807) is 0 Å². The van der Waals surface area contributed by atoms with E-state index in [4.69, 9.17) is 10.7 Å². The maximum atomic E-state index is 6.04. The summed E-state index contributed by atoms with van der Waals surface area (Å²) in [6.07, 6.45) is 7.65.